The summed E-state index contributed by atoms with van der Waals surface area (Å²) in [7, 11) is 0. The van der Waals surface area contributed by atoms with Gasteiger partial charge in [-0.2, -0.15) is 10.1 Å². The second-order valence-corrected chi connectivity index (χ2v) is 9.96. The molecule has 0 spiro atoms. The highest BCUT2D eigenvalue weighted by Gasteiger charge is 2.67. The van der Waals surface area contributed by atoms with Crippen LogP contribution in [-0.2, 0) is 9.59 Å². The molecule has 31 heavy (non-hydrogen) atoms. The van der Waals surface area contributed by atoms with Crippen molar-refractivity contribution >= 4 is 41.2 Å². The first-order valence-corrected chi connectivity index (χ1v) is 11.4. The Morgan fingerprint density at radius 3 is 2.23 bits per heavy atom. The number of hydrogen-bond donors (Lipinski definition) is 0. The molecule has 1 aromatic heterocycles. The van der Waals surface area contributed by atoms with Gasteiger partial charge in [0.15, 0.2) is 0 Å². The van der Waals surface area contributed by atoms with Crippen LogP contribution < -0.4 is 0 Å². The number of benzene rings is 1. The second-order valence-electron chi connectivity index (χ2n) is 9.15. The standard InChI is InChI=1S/C24H21Cl2N3O2/c1-11-7-13(12(2)28(11)14-3-6-19(25)20(26)8-14)10-27-29-23(30)21-15-4-5-16(18-9-17(15)18)22(21)24(29)31/h3-8,10,15-18,21-22H,9H2,1-2H3/b27-10-/t15-,16-,17-,18+,21-,22+/m0/s1. The van der Waals surface area contributed by atoms with Crippen molar-refractivity contribution in [2.24, 2.45) is 40.6 Å². The van der Waals surface area contributed by atoms with E-state index in [9.17, 15) is 9.59 Å². The predicted molar refractivity (Wildman–Crippen MR) is 119 cm³/mol. The van der Waals surface area contributed by atoms with Gasteiger partial charge in [-0.25, -0.2) is 0 Å². The molecule has 1 aromatic carbocycles. The number of aromatic nitrogens is 1. The van der Waals surface area contributed by atoms with Crippen molar-refractivity contribution in [3.63, 3.8) is 0 Å². The summed E-state index contributed by atoms with van der Waals surface area (Å²) in [5, 5.41) is 6.49. The summed E-state index contributed by atoms with van der Waals surface area (Å²) in [6.45, 7) is 3.96. The van der Waals surface area contributed by atoms with Crippen molar-refractivity contribution in [1.82, 2.24) is 9.58 Å². The van der Waals surface area contributed by atoms with Crippen molar-refractivity contribution in [2.75, 3.05) is 0 Å². The van der Waals surface area contributed by atoms with E-state index in [2.05, 4.69) is 21.8 Å². The number of hydrogen-bond acceptors (Lipinski definition) is 3. The van der Waals surface area contributed by atoms with E-state index in [1.54, 1.807) is 12.3 Å². The van der Waals surface area contributed by atoms with Gasteiger partial charge in [0, 0.05) is 22.6 Å². The maximum atomic E-state index is 13.1. The molecule has 2 bridgehead atoms. The third kappa shape index (κ3) is 2.66. The van der Waals surface area contributed by atoms with Gasteiger partial charge in [-0.3, -0.25) is 9.59 Å². The smallest absolute Gasteiger partial charge is 0.254 e. The number of hydrazone groups is 1. The molecular formula is C24H21Cl2N3O2. The Labute approximate surface area is 190 Å². The molecule has 2 aromatic rings. The van der Waals surface area contributed by atoms with Gasteiger partial charge < -0.3 is 4.57 Å². The summed E-state index contributed by atoms with van der Waals surface area (Å²) in [5.41, 5.74) is 3.68. The van der Waals surface area contributed by atoms with Gasteiger partial charge in [0.25, 0.3) is 11.8 Å². The Balaban J connectivity index is 1.30. The molecule has 2 heterocycles. The first-order chi connectivity index (χ1) is 14.9. The van der Waals surface area contributed by atoms with Crippen LogP contribution in [0.5, 0.6) is 0 Å². The zero-order valence-electron chi connectivity index (χ0n) is 17.1. The monoisotopic (exact) mass is 453 g/mol. The molecule has 5 aliphatic rings. The number of halogens is 2. The molecule has 2 saturated carbocycles. The molecule has 1 saturated heterocycles. The van der Waals surface area contributed by atoms with Crippen molar-refractivity contribution in [3.05, 3.63) is 63.4 Å². The van der Waals surface area contributed by atoms with Gasteiger partial charge >= 0.3 is 0 Å². The Hall–Kier alpha value is -2.37. The molecule has 158 valence electrons. The van der Waals surface area contributed by atoms with Crippen LogP contribution in [0.15, 0.2) is 41.5 Å². The maximum absolute atomic E-state index is 13.1. The molecule has 0 unspecified atom stereocenters. The lowest BCUT2D eigenvalue weighted by Gasteiger charge is -2.37. The summed E-state index contributed by atoms with van der Waals surface area (Å²) in [4.78, 5) is 26.2. The molecule has 7 rings (SSSR count). The Morgan fingerprint density at radius 1 is 0.968 bits per heavy atom. The summed E-state index contributed by atoms with van der Waals surface area (Å²) in [6, 6.07) is 7.47. The van der Waals surface area contributed by atoms with Crippen LogP contribution in [0, 0.1) is 49.4 Å². The van der Waals surface area contributed by atoms with E-state index in [-0.39, 0.29) is 35.5 Å². The summed E-state index contributed by atoms with van der Waals surface area (Å²) in [5.74, 6) is 0.833. The van der Waals surface area contributed by atoms with Crippen LogP contribution in [0.3, 0.4) is 0 Å². The van der Waals surface area contributed by atoms with Crippen LogP contribution in [-0.4, -0.2) is 27.6 Å². The van der Waals surface area contributed by atoms with Crippen LogP contribution in [0.2, 0.25) is 10.0 Å². The normalized spacial score (nSPS) is 32.8. The van der Waals surface area contributed by atoms with Gasteiger partial charge in [0.2, 0.25) is 0 Å². The van der Waals surface area contributed by atoms with Crippen LogP contribution in [0.4, 0.5) is 0 Å². The lowest BCUT2D eigenvalue weighted by molar-refractivity contribution is -0.140. The average Bonchev–Trinajstić information content (AvgIpc) is 3.47. The number of aryl methyl sites for hydroxylation is 1. The fraction of sp³-hybridized carbons (Fsp3) is 0.375. The molecule has 1 aliphatic heterocycles. The van der Waals surface area contributed by atoms with E-state index in [0.29, 0.717) is 21.9 Å². The number of allylic oxidation sites excluding steroid dienone is 2. The molecule has 7 heteroatoms. The maximum Gasteiger partial charge on any atom is 0.254 e. The largest absolute Gasteiger partial charge is 0.318 e. The first-order valence-electron chi connectivity index (χ1n) is 10.6. The first kappa shape index (κ1) is 19.3. The minimum absolute atomic E-state index is 0.144. The molecule has 5 nitrogen and oxygen atoms in total. The zero-order chi connectivity index (χ0) is 21.6. The fourth-order valence-corrected chi connectivity index (χ4v) is 6.41. The van der Waals surface area contributed by atoms with E-state index >= 15 is 0 Å². The third-order valence-corrected chi connectivity index (χ3v) is 8.32. The number of nitrogens with zero attached hydrogens (tertiary/aromatic N) is 3. The summed E-state index contributed by atoms with van der Waals surface area (Å²) in [6.07, 6.45) is 7.12. The summed E-state index contributed by atoms with van der Waals surface area (Å²) >= 11 is 12.3. The van der Waals surface area contributed by atoms with Crippen molar-refractivity contribution < 1.29 is 9.59 Å². The van der Waals surface area contributed by atoms with Crippen molar-refractivity contribution in [3.8, 4) is 5.69 Å². The molecule has 0 N–H and O–H groups in total. The molecule has 3 fully saturated rings. The minimum atomic E-state index is -0.230. The quantitative estimate of drug-likeness (QED) is 0.381. The second kappa shape index (κ2) is 6.57. The zero-order valence-corrected chi connectivity index (χ0v) is 18.6. The number of amides is 2. The topological polar surface area (TPSA) is 54.7 Å². The fourth-order valence-electron chi connectivity index (χ4n) is 6.11. The average molecular weight is 454 g/mol. The van der Waals surface area contributed by atoms with Crippen LogP contribution in [0.25, 0.3) is 5.69 Å². The Morgan fingerprint density at radius 2 is 1.61 bits per heavy atom. The highest BCUT2D eigenvalue weighted by atomic mass is 35.5. The highest BCUT2D eigenvalue weighted by molar-refractivity contribution is 6.42. The van der Waals surface area contributed by atoms with E-state index in [1.165, 1.54) is 0 Å². The molecule has 6 atom stereocenters. The van der Waals surface area contributed by atoms with Crippen LogP contribution in [0.1, 0.15) is 23.4 Å². The third-order valence-electron chi connectivity index (χ3n) is 7.58. The number of carbonyl (C=O) groups excluding carboxylic acids is 2. The van der Waals surface area contributed by atoms with Gasteiger partial charge in [-0.1, -0.05) is 35.4 Å². The van der Waals surface area contributed by atoms with Crippen molar-refractivity contribution in [2.45, 2.75) is 20.3 Å². The number of imide groups is 1. The van der Waals surface area contributed by atoms with Gasteiger partial charge in [-0.05, 0) is 68.2 Å². The lowest BCUT2D eigenvalue weighted by atomic mass is 9.63. The Bertz CT molecular complexity index is 1180. The van der Waals surface area contributed by atoms with Crippen LogP contribution >= 0.6 is 23.2 Å². The SMILES string of the molecule is Cc1cc(/C=N\N2C(=O)[C@@H]3[C@H]4C=C[C@@H]([C@@H]5C[C@H]45)[C@@H]3C2=O)c(C)n1-c1ccc(Cl)c(Cl)c1. The molecular weight excluding hydrogens is 433 g/mol. The van der Waals surface area contributed by atoms with Crippen molar-refractivity contribution in [1.29, 1.82) is 0 Å². The minimum Gasteiger partial charge on any atom is -0.318 e. The highest BCUT2D eigenvalue weighted by Crippen LogP contribution is 2.65. The predicted octanol–water partition coefficient (Wildman–Crippen LogP) is 4.79. The molecule has 2 amide bonds. The number of carbonyl (C=O) groups is 2. The van der Waals surface area contributed by atoms with E-state index in [0.717, 1.165) is 34.1 Å². The van der Waals surface area contributed by atoms with E-state index in [4.69, 9.17) is 23.2 Å². The van der Waals surface area contributed by atoms with Gasteiger partial charge in [-0.15, -0.1) is 0 Å². The van der Waals surface area contributed by atoms with E-state index in [1.807, 2.05) is 32.0 Å². The molecule has 4 aliphatic carbocycles. The Kier molecular flexibility index (Phi) is 4.09. The van der Waals surface area contributed by atoms with E-state index < -0.39 is 0 Å². The summed E-state index contributed by atoms with van der Waals surface area (Å²) < 4.78 is 2.05. The van der Waals surface area contributed by atoms with Gasteiger partial charge in [0.05, 0.1) is 28.1 Å². The number of rotatable bonds is 3. The van der Waals surface area contributed by atoms with Gasteiger partial charge in [0.1, 0.15) is 0 Å². The molecule has 0 radical (unpaired) electrons. The lowest BCUT2D eigenvalue weighted by Crippen LogP contribution is -2.40.